The van der Waals surface area contributed by atoms with Crippen LogP contribution in [0.4, 0.5) is 11.6 Å². The average Bonchev–Trinajstić information content (AvgIpc) is 3.57. The van der Waals surface area contributed by atoms with Crippen molar-refractivity contribution in [3.63, 3.8) is 0 Å². The van der Waals surface area contributed by atoms with Gasteiger partial charge in [0.2, 0.25) is 11.6 Å². The molecular formula is C29H26N6O6S3. The summed E-state index contributed by atoms with van der Waals surface area (Å²) in [6.07, 6.45) is 0. The average molecular weight is 651 g/mol. The highest BCUT2D eigenvalue weighted by atomic mass is 32.2. The lowest BCUT2D eigenvalue weighted by atomic mass is 10.2. The van der Waals surface area contributed by atoms with E-state index in [0.29, 0.717) is 22.1 Å². The van der Waals surface area contributed by atoms with E-state index in [9.17, 15) is 16.8 Å². The number of sulfonamides is 2. The number of anilines is 2. The van der Waals surface area contributed by atoms with E-state index in [-0.39, 0.29) is 32.5 Å². The van der Waals surface area contributed by atoms with Crippen molar-refractivity contribution in [1.82, 2.24) is 19.9 Å². The van der Waals surface area contributed by atoms with E-state index in [1.165, 1.54) is 20.3 Å². The summed E-state index contributed by atoms with van der Waals surface area (Å²) >= 11 is 1.13. The van der Waals surface area contributed by atoms with Crippen LogP contribution in [0.2, 0.25) is 0 Å². The molecule has 12 nitrogen and oxygen atoms in total. The van der Waals surface area contributed by atoms with Crippen LogP contribution >= 0.6 is 11.3 Å². The van der Waals surface area contributed by atoms with Crippen molar-refractivity contribution in [2.45, 2.75) is 16.0 Å². The molecule has 3 aromatic heterocycles. The number of rotatable bonds is 8. The highest BCUT2D eigenvalue weighted by molar-refractivity contribution is 7.94. The molecule has 3 aromatic carbocycles. The molecule has 0 fully saturated rings. The van der Waals surface area contributed by atoms with Gasteiger partial charge < -0.3 is 9.47 Å². The molecule has 0 amide bonds. The third-order valence-electron chi connectivity index (χ3n) is 6.02. The Morgan fingerprint density at radius 3 is 1.48 bits per heavy atom. The second kappa shape index (κ2) is 12.8. The maximum absolute atomic E-state index is 12.5. The molecule has 0 saturated heterocycles. The highest BCUT2D eigenvalue weighted by Crippen LogP contribution is 2.27. The first-order valence-corrected chi connectivity index (χ1v) is 16.7. The molecule has 0 spiro atoms. The van der Waals surface area contributed by atoms with Crippen molar-refractivity contribution < 1.29 is 26.3 Å². The van der Waals surface area contributed by atoms with Crippen LogP contribution in [-0.4, -0.2) is 51.0 Å². The van der Waals surface area contributed by atoms with Crippen molar-refractivity contribution in [3.05, 3.63) is 95.9 Å². The Kier molecular flexibility index (Phi) is 8.89. The quantitative estimate of drug-likeness (QED) is 0.223. The molecule has 44 heavy (non-hydrogen) atoms. The highest BCUT2D eigenvalue weighted by Gasteiger charge is 2.21. The van der Waals surface area contributed by atoms with Crippen LogP contribution in [-0.2, 0) is 20.0 Å². The fourth-order valence-corrected chi connectivity index (χ4v) is 6.88. The number of aryl methyl sites for hydroxylation is 1. The Morgan fingerprint density at radius 1 is 0.591 bits per heavy atom. The first-order chi connectivity index (χ1) is 21.1. The molecule has 2 N–H and O–H groups in total. The molecule has 0 bridgehead atoms. The SMILES string of the molecule is COc1nc2ccccc2nc1NS(=O)(=O)c1ccc(C)cc1.COc1nc2ccccc2nc1NS(=O)(=O)c1cccs1. The van der Waals surface area contributed by atoms with Gasteiger partial charge >= 0.3 is 0 Å². The van der Waals surface area contributed by atoms with Gasteiger partial charge in [-0.2, -0.15) is 0 Å². The lowest BCUT2D eigenvalue weighted by Gasteiger charge is -2.11. The number of ether oxygens (including phenoxy) is 2. The molecule has 226 valence electrons. The van der Waals surface area contributed by atoms with Gasteiger partial charge in [-0.25, -0.2) is 36.8 Å². The molecule has 0 aliphatic carbocycles. The third-order valence-corrected chi connectivity index (χ3v) is 10.1. The van der Waals surface area contributed by atoms with E-state index in [2.05, 4.69) is 29.4 Å². The number of thiophene rings is 1. The third kappa shape index (κ3) is 6.85. The fourth-order valence-electron chi connectivity index (χ4n) is 3.88. The molecule has 6 aromatic rings. The molecule has 0 saturated carbocycles. The van der Waals surface area contributed by atoms with Crippen LogP contribution in [0.3, 0.4) is 0 Å². The topological polar surface area (TPSA) is 162 Å². The molecule has 3 heterocycles. The smallest absolute Gasteiger partial charge is 0.272 e. The van der Waals surface area contributed by atoms with Gasteiger partial charge in [-0.1, -0.05) is 48.0 Å². The van der Waals surface area contributed by atoms with E-state index in [1.54, 1.807) is 66.0 Å². The Hall–Kier alpha value is -4.86. The number of fused-ring (bicyclic) bond motifs is 2. The Bertz CT molecular complexity index is 2140. The Morgan fingerprint density at radius 2 is 1.05 bits per heavy atom. The van der Waals surface area contributed by atoms with E-state index >= 15 is 0 Å². The van der Waals surface area contributed by atoms with Crippen molar-refractivity contribution >= 4 is 65.1 Å². The summed E-state index contributed by atoms with van der Waals surface area (Å²) in [7, 11) is -4.61. The summed E-state index contributed by atoms with van der Waals surface area (Å²) in [5, 5.41) is 1.69. The zero-order valence-corrected chi connectivity index (χ0v) is 26.1. The van der Waals surface area contributed by atoms with Gasteiger partial charge in [-0.15, -0.1) is 11.3 Å². The number of para-hydroxylation sites is 4. The number of aromatic nitrogens is 4. The van der Waals surface area contributed by atoms with E-state index in [1.807, 2.05) is 25.1 Å². The van der Waals surface area contributed by atoms with Gasteiger partial charge in [0.25, 0.3) is 31.8 Å². The maximum Gasteiger partial charge on any atom is 0.272 e. The van der Waals surface area contributed by atoms with Crippen LogP contribution in [0.15, 0.2) is 99.4 Å². The lowest BCUT2D eigenvalue weighted by Crippen LogP contribution is -2.15. The van der Waals surface area contributed by atoms with E-state index in [4.69, 9.17) is 9.47 Å². The van der Waals surface area contributed by atoms with Gasteiger partial charge in [0.1, 0.15) is 4.21 Å². The predicted octanol–water partition coefficient (Wildman–Crippen LogP) is 5.25. The van der Waals surface area contributed by atoms with E-state index in [0.717, 1.165) is 16.9 Å². The number of nitrogens with one attached hydrogen (secondary N) is 2. The second-order valence-corrected chi connectivity index (χ2v) is 13.6. The molecule has 15 heteroatoms. The summed E-state index contributed by atoms with van der Waals surface area (Å²) in [4.78, 5) is 17.2. The number of hydrogen-bond donors (Lipinski definition) is 2. The molecular weight excluding hydrogens is 625 g/mol. The van der Waals surface area contributed by atoms with Gasteiger partial charge in [-0.05, 0) is 54.8 Å². The van der Waals surface area contributed by atoms with Crippen molar-refractivity contribution in [3.8, 4) is 11.8 Å². The number of methoxy groups -OCH3 is 2. The molecule has 0 unspecified atom stereocenters. The predicted molar refractivity (Wildman–Crippen MR) is 169 cm³/mol. The zero-order valence-electron chi connectivity index (χ0n) is 23.6. The normalized spacial score (nSPS) is 11.4. The minimum absolute atomic E-state index is 0.0618. The summed E-state index contributed by atoms with van der Waals surface area (Å²) in [6, 6.07) is 24.1. The molecule has 0 atom stereocenters. The van der Waals surface area contributed by atoms with Gasteiger partial charge in [0.15, 0.2) is 0 Å². The first kappa shape index (κ1) is 30.6. The van der Waals surface area contributed by atoms with Crippen molar-refractivity contribution in [2.75, 3.05) is 23.7 Å². The summed E-state index contributed by atoms with van der Waals surface area (Å²) in [6.45, 7) is 1.89. The molecule has 0 radical (unpaired) electrons. The van der Waals surface area contributed by atoms with Crippen LogP contribution in [0, 0.1) is 6.92 Å². The molecule has 6 rings (SSSR count). The fraction of sp³-hybridized carbons (Fsp3) is 0.103. The van der Waals surface area contributed by atoms with Crippen molar-refractivity contribution in [2.24, 2.45) is 0 Å². The second-order valence-electron chi connectivity index (χ2n) is 9.10. The summed E-state index contributed by atoms with van der Waals surface area (Å²) < 4.78 is 64.8. The first-order valence-electron chi connectivity index (χ1n) is 12.9. The Balaban J connectivity index is 0.000000175. The maximum atomic E-state index is 12.5. The van der Waals surface area contributed by atoms with Gasteiger partial charge in [0.05, 0.1) is 41.2 Å². The summed E-state index contributed by atoms with van der Waals surface area (Å²) in [5.74, 6) is 0.393. The molecule has 0 aliphatic rings. The number of nitrogens with zero attached hydrogens (tertiary/aromatic N) is 4. The standard InChI is InChI=1S/C16H15N3O3S.C13H11N3O3S2/c1-11-7-9-12(10-8-11)23(20,21)19-15-16(22-2)18-14-6-4-3-5-13(14)17-15;1-19-13-12(14-9-5-2-3-6-10(9)15-13)16-21(17,18)11-7-4-8-20-11/h3-10H,1-2H3,(H,17,19);2-8H,1H3,(H,14,16). The van der Waals surface area contributed by atoms with E-state index < -0.39 is 20.0 Å². The zero-order chi connectivity index (χ0) is 31.3. The van der Waals surface area contributed by atoms with Gasteiger partial charge in [0, 0.05) is 0 Å². The van der Waals surface area contributed by atoms with Crippen LogP contribution < -0.4 is 18.9 Å². The van der Waals surface area contributed by atoms with Crippen LogP contribution in [0.1, 0.15) is 5.56 Å². The monoisotopic (exact) mass is 650 g/mol. The summed E-state index contributed by atoms with van der Waals surface area (Å²) in [5.41, 5.74) is 3.40. The van der Waals surface area contributed by atoms with Crippen molar-refractivity contribution in [1.29, 1.82) is 0 Å². The minimum atomic E-state index is -3.76. The molecule has 0 aliphatic heterocycles. The van der Waals surface area contributed by atoms with Gasteiger partial charge in [-0.3, -0.25) is 9.44 Å². The van der Waals surface area contributed by atoms with Crippen LogP contribution in [0.25, 0.3) is 22.1 Å². The number of benzene rings is 3. The number of hydrogen-bond acceptors (Lipinski definition) is 11. The van der Waals surface area contributed by atoms with Crippen LogP contribution in [0.5, 0.6) is 11.8 Å². The largest absolute Gasteiger partial charge is 0.478 e. The Labute approximate surface area is 257 Å². The minimum Gasteiger partial charge on any atom is -0.478 e. The lowest BCUT2D eigenvalue weighted by molar-refractivity contribution is 0.400.